The third-order valence-corrected chi connectivity index (χ3v) is 3.46. The maximum absolute atomic E-state index is 12.1. The summed E-state index contributed by atoms with van der Waals surface area (Å²) < 4.78 is 0. The van der Waals surface area contributed by atoms with E-state index < -0.39 is 0 Å². The van der Waals surface area contributed by atoms with Crippen LogP contribution in [0.3, 0.4) is 0 Å². The van der Waals surface area contributed by atoms with Crippen molar-refractivity contribution >= 4 is 35.7 Å². The molecule has 6 nitrogen and oxygen atoms in total. The van der Waals surface area contributed by atoms with Crippen molar-refractivity contribution in [3.63, 3.8) is 0 Å². The Bertz CT molecular complexity index is 513. The number of hydrogen-bond donors (Lipinski definition) is 4. The van der Waals surface area contributed by atoms with Crippen LogP contribution in [0.2, 0.25) is 0 Å². The van der Waals surface area contributed by atoms with Gasteiger partial charge in [0.25, 0.3) is 0 Å². The molecule has 7 heteroatoms. The van der Waals surface area contributed by atoms with Crippen molar-refractivity contribution in [2.45, 2.75) is 45.2 Å². The van der Waals surface area contributed by atoms with E-state index in [9.17, 15) is 9.59 Å². The van der Waals surface area contributed by atoms with E-state index in [0.29, 0.717) is 5.69 Å². The molecule has 4 N–H and O–H groups in total. The van der Waals surface area contributed by atoms with Gasteiger partial charge in [-0.3, -0.25) is 4.79 Å². The molecule has 0 saturated carbocycles. The van der Waals surface area contributed by atoms with E-state index in [1.165, 1.54) is 0 Å². The lowest BCUT2D eigenvalue weighted by atomic mass is 10.0. The zero-order valence-corrected chi connectivity index (χ0v) is 14.3. The molecular formula is C16H25ClN4O2. The average Bonchev–Trinajstić information content (AvgIpc) is 2.49. The number of hydrogen-bond acceptors (Lipinski definition) is 3. The Morgan fingerprint density at radius 3 is 2.22 bits per heavy atom. The second-order valence-corrected chi connectivity index (χ2v) is 5.82. The minimum absolute atomic E-state index is 0. The average molecular weight is 341 g/mol. The van der Waals surface area contributed by atoms with Crippen LogP contribution < -0.4 is 21.3 Å². The first-order valence-electron chi connectivity index (χ1n) is 7.76. The number of piperidine rings is 1. The van der Waals surface area contributed by atoms with Gasteiger partial charge in [-0.15, -0.1) is 12.4 Å². The summed E-state index contributed by atoms with van der Waals surface area (Å²) in [4.78, 5) is 23.7. The molecule has 1 aromatic rings. The molecule has 1 aliphatic heterocycles. The molecule has 1 heterocycles. The van der Waals surface area contributed by atoms with Gasteiger partial charge in [-0.2, -0.15) is 0 Å². The summed E-state index contributed by atoms with van der Waals surface area (Å²) in [6.07, 6.45) is 3.09. The largest absolute Gasteiger partial charge is 0.336 e. The van der Waals surface area contributed by atoms with Crippen molar-refractivity contribution in [1.82, 2.24) is 10.6 Å². The third kappa shape index (κ3) is 6.46. The highest BCUT2D eigenvalue weighted by atomic mass is 35.5. The van der Waals surface area contributed by atoms with E-state index in [4.69, 9.17) is 0 Å². The van der Waals surface area contributed by atoms with Crippen molar-refractivity contribution in [1.29, 1.82) is 0 Å². The summed E-state index contributed by atoms with van der Waals surface area (Å²) in [7, 11) is 0. The van der Waals surface area contributed by atoms with Crippen LogP contribution in [0.15, 0.2) is 24.3 Å². The van der Waals surface area contributed by atoms with Gasteiger partial charge in [0.1, 0.15) is 0 Å². The monoisotopic (exact) mass is 340 g/mol. The van der Waals surface area contributed by atoms with Crippen molar-refractivity contribution in [3.05, 3.63) is 24.3 Å². The Kier molecular flexibility index (Phi) is 7.85. The minimum atomic E-state index is -0.238. The minimum Gasteiger partial charge on any atom is -0.336 e. The molecule has 128 valence electrons. The molecule has 0 spiro atoms. The van der Waals surface area contributed by atoms with Gasteiger partial charge in [0.2, 0.25) is 5.91 Å². The number of carbonyl (C=O) groups excluding carboxylic acids is 2. The summed E-state index contributed by atoms with van der Waals surface area (Å²) in [5.74, 6) is -0.00189. The molecule has 1 fully saturated rings. The molecule has 23 heavy (non-hydrogen) atoms. The predicted molar refractivity (Wildman–Crippen MR) is 95.3 cm³/mol. The van der Waals surface area contributed by atoms with Crippen LogP contribution in [0.4, 0.5) is 16.2 Å². The van der Waals surface area contributed by atoms with Gasteiger partial charge in [-0.1, -0.05) is 6.42 Å². The Labute approximate surface area is 143 Å². The van der Waals surface area contributed by atoms with Crippen LogP contribution >= 0.6 is 12.4 Å². The number of nitrogens with one attached hydrogen (secondary N) is 4. The number of benzene rings is 1. The number of halogens is 1. The van der Waals surface area contributed by atoms with E-state index >= 15 is 0 Å². The first-order chi connectivity index (χ1) is 10.5. The smallest absolute Gasteiger partial charge is 0.319 e. The number of carbonyl (C=O) groups is 2. The maximum atomic E-state index is 12.1. The fraction of sp³-hybridized carbons (Fsp3) is 0.500. The lowest BCUT2D eigenvalue weighted by Crippen LogP contribution is -2.43. The van der Waals surface area contributed by atoms with Crippen LogP contribution in [0, 0.1) is 0 Å². The molecule has 1 atom stereocenters. The first kappa shape index (κ1) is 19.3. The normalized spacial score (nSPS) is 17.1. The highest BCUT2D eigenvalue weighted by molar-refractivity contribution is 5.95. The molecule has 1 aromatic carbocycles. The summed E-state index contributed by atoms with van der Waals surface area (Å²) in [5.41, 5.74) is 1.42. The van der Waals surface area contributed by atoms with Crippen molar-refractivity contribution in [2.75, 3.05) is 17.2 Å². The van der Waals surface area contributed by atoms with E-state index in [-0.39, 0.29) is 36.4 Å². The quantitative estimate of drug-likeness (QED) is 0.680. The molecule has 0 aliphatic carbocycles. The fourth-order valence-corrected chi connectivity index (χ4v) is 2.37. The SMILES string of the molecule is CC(C)NC(=O)Nc1ccc(NC(=O)C2CCCCN2)cc1.Cl. The van der Waals surface area contributed by atoms with Gasteiger partial charge < -0.3 is 21.3 Å². The van der Waals surface area contributed by atoms with Gasteiger partial charge in [-0.05, 0) is 57.5 Å². The van der Waals surface area contributed by atoms with Crippen molar-refractivity contribution < 1.29 is 9.59 Å². The number of urea groups is 1. The van der Waals surface area contributed by atoms with Gasteiger partial charge >= 0.3 is 6.03 Å². The molecule has 3 amide bonds. The Morgan fingerprint density at radius 1 is 1.09 bits per heavy atom. The van der Waals surface area contributed by atoms with Gasteiger partial charge in [-0.25, -0.2) is 4.79 Å². The predicted octanol–water partition coefficient (Wildman–Crippen LogP) is 2.72. The molecule has 1 saturated heterocycles. The van der Waals surface area contributed by atoms with Crippen LogP contribution in [0.1, 0.15) is 33.1 Å². The molecule has 0 radical (unpaired) electrons. The Balaban J connectivity index is 0.00000264. The van der Waals surface area contributed by atoms with E-state index in [2.05, 4.69) is 21.3 Å². The number of anilines is 2. The standard InChI is InChI=1S/C16H24N4O2.ClH/c1-11(2)18-16(22)20-13-8-6-12(7-9-13)19-15(21)14-5-3-4-10-17-14;/h6-9,11,14,17H,3-5,10H2,1-2H3,(H,19,21)(H2,18,20,22);1H. The third-order valence-electron chi connectivity index (χ3n) is 3.46. The van der Waals surface area contributed by atoms with Gasteiger partial charge in [0.15, 0.2) is 0 Å². The van der Waals surface area contributed by atoms with Crippen LogP contribution in [0.5, 0.6) is 0 Å². The van der Waals surface area contributed by atoms with E-state index in [0.717, 1.165) is 31.5 Å². The Hall–Kier alpha value is -1.79. The highest BCUT2D eigenvalue weighted by Gasteiger charge is 2.20. The van der Waals surface area contributed by atoms with E-state index in [1.54, 1.807) is 24.3 Å². The molecule has 1 unspecified atom stereocenters. The van der Waals surface area contributed by atoms with Gasteiger partial charge in [0.05, 0.1) is 6.04 Å². The fourth-order valence-electron chi connectivity index (χ4n) is 2.37. The molecular weight excluding hydrogens is 316 g/mol. The number of amides is 3. The van der Waals surface area contributed by atoms with E-state index in [1.807, 2.05) is 13.8 Å². The molecule has 1 aliphatic rings. The van der Waals surface area contributed by atoms with Crippen molar-refractivity contribution in [2.24, 2.45) is 0 Å². The summed E-state index contributed by atoms with van der Waals surface area (Å²) in [6.45, 7) is 4.70. The second-order valence-electron chi connectivity index (χ2n) is 5.82. The van der Waals surface area contributed by atoms with Crippen LogP contribution in [0.25, 0.3) is 0 Å². The summed E-state index contributed by atoms with van der Waals surface area (Å²) >= 11 is 0. The zero-order chi connectivity index (χ0) is 15.9. The topological polar surface area (TPSA) is 82.3 Å². The molecule has 0 bridgehead atoms. The van der Waals surface area contributed by atoms with Crippen LogP contribution in [-0.2, 0) is 4.79 Å². The number of rotatable bonds is 4. The van der Waals surface area contributed by atoms with Gasteiger partial charge in [0, 0.05) is 17.4 Å². The maximum Gasteiger partial charge on any atom is 0.319 e. The van der Waals surface area contributed by atoms with Crippen LogP contribution in [-0.4, -0.2) is 30.6 Å². The van der Waals surface area contributed by atoms with Crippen molar-refractivity contribution in [3.8, 4) is 0 Å². The summed E-state index contributed by atoms with van der Waals surface area (Å²) in [5, 5.41) is 11.6. The summed E-state index contributed by atoms with van der Waals surface area (Å²) in [6, 6.07) is 6.84. The Morgan fingerprint density at radius 2 is 1.70 bits per heavy atom. The molecule has 0 aromatic heterocycles. The molecule has 2 rings (SSSR count). The second kappa shape index (κ2) is 9.37. The highest BCUT2D eigenvalue weighted by Crippen LogP contribution is 2.15. The zero-order valence-electron chi connectivity index (χ0n) is 13.5. The first-order valence-corrected chi connectivity index (χ1v) is 7.76. The lowest BCUT2D eigenvalue weighted by Gasteiger charge is -2.22. The lowest BCUT2D eigenvalue weighted by molar-refractivity contribution is -0.118.